The molecule has 19 heavy (non-hydrogen) atoms. The number of hydrogen-bond acceptors (Lipinski definition) is 4. The Morgan fingerprint density at radius 2 is 2.16 bits per heavy atom. The molecule has 4 rings (SSSR count). The smallest absolute Gasteiger partial charge is 0.134 e. The Morgan fingerprint density at radius 1 is 1.32 bits per heavy atom. The maximum Gasteiger partial charge on any atom is 0.134 e. The molecule has 0 bridgehead atoms. The molecule has 92 valence electrons. The molecule has 0 aliphatic heterocycles. The van der Waals surface area contributed by atoms with E-state index in [4.69, 9.17) is 4.42 Å². The predicted octanol–water partition coefficient (Wildman–Crippen LogP) is 4.11. The van der Waals surface area contributed by atoms with Crippen molar-refractivity contribution in [2.45, 2.75) is 18.3 Å². The first-order valence-electron chi connectivity index (χ1n) is 6.16. The molecule has 2 heterocycles. The summed E-state index contributed by atoms with van der Waals surface area (Å²) >= 11 is 1.58. The van der Waals surface area contributed by atoms with Crippen LogP contribution in [-0.4, -0.2) is 4.98 Å². The van der Waals surface area contributed by atoms with E-state index in [0.29, 0.717) is 0 Å². The van der Waals surface area contributed by atoms with Gasteiger partial charge in [-0.3, -0.25) is 0 Å². The number of fused-ring (bicyclic) bond motifs is 1. The van der Waals surface area contributed by atoms with E-state index < -0.39 is 0 Å². The number of nitriles is 1. The maximum absolute atomic E-state index is 9.22. The topological polar surface area (TPSA) is 49.8 Å². The number of aromatic nitrogens is 1. The van der Waals surface area contributed by atoms with Crippen LogP contribution in [0.25, 0.3) is 22.2 Å². The fourth-order valence-corrected chi connectivity index (χ4v) is 3.32. The molecule has 1 aliphatic rings. The van der Waals surface area contributed by atoms with Crippen LogP contribution in [0, 0.1) is 11.3 Å². The Balaban J connectivity index is 1.83. The lowest BCUT2D eigenvalue weighted by Crippen LogP contribution is -2.01. The minimum absolute atomic E-state index is 0.303. The zero-order chi connectivity index (χ0) is 12.9. The van der Waals surface area contributed by atoms with Crippen molar-refractivity contribution in [3.8, 4) is 17.3 Å². The Bertz CT molecular complexity index is 805. The van der Waals surface area contributed by atoms with Gasteiger partial charge in [-0.25, -0.2) is 4.98 Å². The van der Waals surface area contributed by atoms with Crippen LogP contribution in [0.3, 0.4) is 0 Å². The third kappa shape index (κ3) is 1.52. The highest BCUT2D eigenvalue weighted by Crippen LogP contribution is 2.49. The number of furan rings is 1. The zero-order valence-corrected chi connectivity index (χ0v) is 10.9. The zero-order valence-electron chi connectivity index (χ0n) is 10.1. The van der Waals surface area contributed by atoms with E-state index in [2.05, 4.69) is 11.1 Å². The fourth-order valence-electron chi connectivity index (χ4n) is 2.29. The van der Waals surface area contributed by atoms with E-state index in [9.17, 15) is 5.26 Å². The molecule has 0 saturated heterocycles. The van der Waals surface area contributed by atoms with Gasteiger partial charge in [0.15, 0.2) is 0 Å². The summed E-state index contributed by atoms with van der Waals surface area (Å²) < 4.78 is 5.54. The van der Waals surface area contributed by atoms with E-state index in [1.165, 1.54) is 0 Å². The Hall–Kier alpha value is -2.12. The van der Waals surface area contributed by atoms with Crippen LogP contribution in [0.5, 0.6) is 0 Å². The third-order valence-electron chi connectivity index (χ3n) is 3.63. The average molecular weight is 266 g/mol. The predicted molar refractivity (Wildman–Crippen MR) is 73.8 cm³/mol. The molecule has 4 heteroatoms. The van der Waals surface area contributed by atoms with Crippen molar-refractivity contribution in [1.29, 1.82) is 5.26 Å². The summed E-state index contributed by atoms with van der Waals surface area (Å²) in [6, 6.07) is 10.3. The molecule has 1 aromatic carbocycles. The van der Waals surface area contributed by atoms with Crippen LogP contribution >= 0.6 is 11.3 Å². The number of para-hydroxylation sites is 1. The van der Waals surface area contributed by atoms with Crippen LogP contribution in [0.2, 0.25) is 0 Å². The van der Waals surface area contributed by atoms with Crippen molar-refractivity contribution >= 4 is 22.3 Å². The second kappa shape index (κ2) is 3.69. The minimum atomic E-state index is -0.303. The lowest BCUT2D eigenvalue weighted by molar-refractivity contribution is 0.617. The summed E-state index contributed by atoms with van der Waals surface area (Å²) in [5.41, 5.74) is 2.48. The number of benzene rings is 1. The molecule has 0 spiro atoms. The second-order valence-corrected chi connectivity index (χ2v) is 5.74. The molecule has 2 aromatic heterocycles. The van der Waals surface area contributed by atoms with Gasteiger partial charge in [0.05, 0.1) is 11.8 Å². The average Bonchev–Trinajstić information content (AvgIpc) is 2.90. The van der Waals surface area contributed by atoms with Crippen LogP contribution in [0.15, 0.2) is 40.3 Å². The molecular weight excluding hydrogens is 256 g/mol. The standard InChI is InChI=1S/C15H10N2OS/c16-9-15(5-6-15)14-17-12(8-19-14)11-7-18-13-4-2-1-3-10(11)13/h1-4,7-8H,5-6H2. The summed E-state index contributed by atoms with van der Waals surface area (Å²) in [5, 5.41) is 13.2. The maximum atomic E-state index is 9.22. The van der Waals surface area contributed by atoms with Gasteiger partial charge in [0, 0.05) is 16.3 Å². The quantitative estimate of drug-likeness (QED) is 0.701. The summed E-state index contributed by atoms with van der Waals surface area (Å²) in [6.45, 7) is 0. The molecular formula is C15H10N2OS. The molecule has 3 aromatic rings. The molecule has 0 N–H and O–H groups in total. The first-order valence-corrected chi connectivity index (χ1v) is 7.04. The van der Waals surface area contributed by atoms with Crippen LogP contribution < -0.4 is 0 Å². The summed E-state index contributed by atoms with van der Waals surface area (Å²) in [7, 11) is 0. The first kappa shape index (κ1) is 10.8. The van der Waals surface area contributed by atoms with Crippen LogP contribution in [0.4, 0.5) is 0 Å². The van der Waals surface area contributed by atoms with Gasteiger partial charge < -0.3 is 4.42 Å². The van der Waals surface area contributed by atoms with Crippen molar-refractivity contribution in [3.63, 3.8) is 0 Å². The monoisotopic (exact) mass is 266 g/mol. The molecule has 1 saturated carbocycles. The highest BCUT2D eigenvalue weighted by molar-refractivity contribution is 7.10. The van der Waals surface area contributed by atoms with Gasteiger partial charge in [-0.15, -0.1) is 11.3 Å². The number of nitrogens with zero attached hydrogens (tertiary/aromatic N) is 2. The minimum Gasteiger partial charge on any atom is -0.464 e. The SMILES string of the molecule is N#CC1(c2nc(-c3coc4ccccc34)cs2)CC1. The highest BCUT2D eigenvalue weighted by atomic mass is 32.1. The third-order valence-corrected chi connectivity index (χ3v) is 4.68. The van der Waals surface area contributed by atoms with Gasteiger partial charge >= 0.3 is 0 Å². The lowest BCUT2D eigenvalue weighted by atomic mass is 10.1. The van der Waals surface area contributed by atoms with Crippen LogP contribution in [-0.2, 0) is 5.41 Å². The molecule has 1 fully saturated rings. The van der Waals surface area contributed by atoms with Gasteiger partial charge in [0.25, 0.3) is 0 Å². The Morgan fingerprint density at radius 3 is 2.95 bits per heavy atom. The molecule has 0 radical (unpaired) electrons. The Labute approximate surface area is 114 Å². The molecule has 0 unspecified atom stereocenters. The normalized spacial score (nSPS) is 16.4. The summed E-state index contributed by atoms with van der Waals surface area (Å²) in [6.07, 6.45) is 3.61. The summed E-state index contributed by atoms with van der Waals surface area (Å²) in [5.74, 6) is 0. The number of thiazole rings is 1. The first-order chi connectivity index (χ1) is 9.32. The van der Waals surface area contributed by atoms with Crippen molar-refractivity contribution in [2.24, 2.45) is 0 Å². The van der Waals surface area contributed by atoms with Gasteiger partial charge in [-0.2, -0.15) is 5.26 Å². The van der Waals surface area contributed by atoms with Crippen molar-refractivity contribution in [3.05, 3.63) is 40.9 Å². The lowest BCUT2D eigenvalue weighted by Gasteiger charge is -1.97. The fraction of sp³-hybridized carbons (Fsp3) is 0.200. The highest BCUT2D eigenvalue weighted by Gasteiger charge is 2.47. The van der Waals surface area contributed by atoms with E-state index in [0.717, 1.165) is 40.1 Å². The van der Waals surface area contributed by atoms with E-state index in [1.807, 2.05) is 29.6 Å². The molecule has 0 atom stereocenters. The van der Waals surface area contributed by atoms with Gasteiger partial charge in [-0.05, 0) is 18.9 Å². The van der Waals surface area contributed by atoms with E-state index >= 15 is 0 Å². The van der Waals surface area contributed by atoms with Crippen LogP contribution in [0.1, 0.15) is 17.8 Å². The van der Waals surface area contributed by atoms with Crippen molar-refractivity contribution < 1.29 is 4.42 Å². The number of hydrogen-bond donors (Lipinski definition) is 0. The van der Waals surface area contributed by atoms with Gasteiger partial charge in [-0.1, -0.05) is 18.2 Å². The van der Waals surface area contributed by atoms with E-state index in [-0.39, 0.29) is 5.41 Å². The van der Waals surface area contributed by atoms with Crippen molar-refractivity contribution in [2.75, 3.05) is 0 Å². The largest absolute Gasteiger partial charge is 0.464 e. The molecule has 0 amide bonds. The Kier molecular flexibility index (Phi) is 2.09. The van der Waals surface area contributed by atoms with Crippen molar-refractivity contribution in [1.82, 2.24) is 4.98 Å². The molecule has 3 nitrogen and oxygen atoms in total. The van der Waals surface area contributed by atoms with Gasteiger partial charge in [0.2, 0.25) is 0 Å². The van der Waals surface area contributed by atoms with Gasteiger partial charge in [0.1, 0.15) is 22.3 Å². The molecule has 1 aliphatic carbocycles. The van der Waals surface area contributed by atoms with E-state index in [1.54, 1.807) is 17.6 Å². The second-order valence-electron chi connectivity index (χ2n) is 4.88. The summed E-state index contributed by atoms with van der Waals surface area (Å²) in [4.78, 5) is 4.64. The number of rotatable bonds is 2.